The molecule has 2 aliphatic heterocycles. The third-order valence-corrected chi connectivity index (χ3v) is 10.5. The molecule has 0 atom stereocenters. The summed E-state index contributed by atoms with van der Waals surface area (Å²) in [6, 6.07) is 13.3. The van der Waals surface area contributed by atoms with Gasteiger partial charge in [-0.1, -0.05) is 12.6 Å². The molecule has 0 aliphatic carbocycles. The van der Waals surface area contributed by atoms with Gasteiger partial charge in [-0.25, -0.2) is 15.0 Å². The lowest BCUT2D eigenvalue weighted by Crippen LogP contribution is -2.63. The van der Waals surface area contributed by atoms with E-state index >= 15 is 0 Å². The molecule has 6 heterocycles. The van der Waals surface area contributed by atoms with Crippen molar-refractivity contribution >= 4 is 55.7 Å². The average Bonchev–Trinajstić information content (AvgIpc) is 3.66. The molecule has 0 unspecified atom stereocenters. The van der Waals surface area contributed by atoms with Crippen LogP contribution in [0.3, 0.4) is 0 Å². The lowest BCUT2D eigenvalue weighted by atomic mass is 10.00. The van der Waals surface area contributed by atoms with Crippen LogP contribution in [-0.4, -0.2) is 73.8 Å². The maximum absolute atomic E-state index is 13.0. The number of aromatic nitrogens is 4. The summed E-state index contributed by atoms with van der Waals surface area (Å²) in [5, 5.41) is 29.4. The number of nitrogens with one attached hydrogen (secondary N) is 2. The number of fused-ring (bicyclic) bond motifs is 2. The largest absolute Gasteiger partial charge is 0.393 e. The second-order valence-corrected chi connectivity index (χ2v) is 13.9. The zero-order chi connectivity index (χ0) is 35.2. The minimum absolute atomic E-state index is 0.124. The first-order valence-corrected chi connectivity index (χ1v) is 16.9. The van der Waals surface area contributed by atoms with Gasteiger partial charge in [-0.2, -0.15) is 18.4 Å². The molecule has 11 nitrogen and oxygen atoms in total. The number of likely N-dealkylation sites (tertiary alicyclic amines) is 1. The molecule has 15 heteroatoms. The lowest BCUT2D eigenvalue weighted by Gasteiger charge is -2.49. The maximum atomic E-state index is 13.0. The summed E-state index contributed by atoms with van der Waals surface area (Å²) >= 11 is 1.04. The van der Waals surface area contributed by atoms with Crippen LogP contribution in [0.4, 0.5) is 30.5 Å². The van der Waals surface area contributed by atoms with Gasteiger partial charge in [-0.15, -0.1) is 11.3 Å². The molecule has 0 radical (unpaired) electrons. The van der Waals surface area contributed by atoms with Crippen LogP contribution in [0.1, 0.15) is 34.5 Å². The van der Waals surface area contributed by atoms with Gasteiger partial charge in [0.2, 0.25) is 5.91 Å². The Balaban J connectivity index is 1.01. The predicted molar refractivity (Wildman–Crippen MR) is 186 cm³/mol. The maximum Gasteiger partial charge on any atom is 0.393 e. The van der Waals surface area contributed by atoms with Crippen LogP contribution in [0, 0.1) is 18.3 Å². The van der Waals surface area contributed by atoms with Crippen molar-refractivity contribution in [3.8, 4) is 6.07 Å². The summed E-state index contributed by atoms with van der Waals surface area (Å²) in [7, 11) is 0. The highest BCUT2D eigenvalue weighted by molar-refractivity contribution is 7.18. The monoisotopic (exact) mass is 701 g/mol. The van der Waals surface area contributed by atoms with E-state index in [1.54, 1.807) is 29.0 Å². The number of rotatable bonds is 9. The van der Waals surface area contributed by atoms with Crippen LogP contribution >= 0.6 is 11.3 Å². The van der Waals surface area contributed by atoms with Crippen LogP contribution in [-0.2, 0) is 23.5 Å². The number of carbonyl (C=O) groups excluding carboxylic acids is 1. The van der Waals surface area contributed by atoms with Gasteiger partial charge in [0.1, 0.15) is 34.6 Å². The summed E-state index contributed by atoms with van der Waals surface area (Å²) in [4.78, 5) is 29.5. The third-order valence-electron chi connectivity index (χ3n) is 9.41. The van der Waals surface area contributed by atoms with Crippen molar-refractivity contribution in [3.63, 3.8) is 0 Å². The molecule has 0 saturated carbocycles. The summed E-state index contributed by atoms with van der Waals surface area (Å²) in [5.74, 6) is 0.576. The molecule has 50 heavy (non-hydrogen) atoms. The van der Waals surface area contributed by atoms with Gasteiger partial charge in [-0.05, 0) is 61.2 Å². The summed E-state index contributed by atoms with van der Waals surface area (Å²) in [6.45, 7) is 8.35. The van der Waals surface area contributed by atoms with Crippen LogP contribution in [0.25, 0.3) is 21.1 Å². The van der Waals surface area contributed by atoms with E-state index in [1.807, 2.05) is 24.0 Å². The summed E-state index contributed by atoms with van der Waals surface area (Å²) in [6.07, 6.45) is 0.559. The number of benzene rings is 1. The van der Waals surface area contributed by atoms with Gasteiger partial charge in [0.15, 0.2) is 5.72 Å². The molecule has 1 aromatic carbocycles. The Bertz CT molecular complexity index is 2140. The number of nitriles is 1. The van der Waals surface area contributed by atoms with E-state index < -0.39 is 18.3 Å². The van der Waals surface area contributed by atoms with Gasteiger partial charge in [-0.3, -0.25) is 9.69 Å². The highest BCUT2D eigenvalue weighted by Crippen LogP contribution is 2.38. The van der Waals surface area contributed by atoms with Gasteiger partial charge < -0.3 is 25.2 Å². The number of anilines is 3. The molecular weight excluding hydrogens is 668 g/mol. The Morgan fingerprint density at radius 1 is 1.16 bits per heavy atom. The normalized spacial score (nSPS) is 16.7. The van der Waals surface area contributed by atoms with Gasteiger partial charge in [0.25, 0.3) is 0 Å². The SMILES string of the molecule is C=CC(=O)Nc1cc(N2CC(O)(n3c(C#N)cc4c(C)c(CN5CCC(Nc6ncnc7sc(CC(F)(F)F)cc67)CC5)ccc43)C2)ccn1. The van der Waals surface area contributed by atoms with E-state index in [2.05, 4.69) is 49.2 Å². The zero-order valence-electron chi connectivity index (χ0n) is 27.2. The van der Waals surface area contributed by atoms with E-state index in [1.165, 1.54) is 12.4 Å². The fourth-order valence-electron chi connectivity index (χ4n) is 6.90. The van der Waals surface area contributed by atoms with Crippen molar-refractivity contribution < 1.29 is 23.1 Å². The van der Waals surface area contributed by atoms with E-state index in [0.717, 1.165) is 71.5 Å². The first kappa shape index (κ1) is 33.5. The Morgan fingerprint density at radius 3 is 2.66 bits per heavy atom. The number of hydrogen-bond donors (Lipinski definition) is 3. The predicted octanol–water partition coefficient (Wildman–Crippen LogP) is 5.69. The molecule has 0 bridgehead atoms. The fraction of sp³-hybridized carbons (Fsp3) is 0.343. The van der Waals surface area contributed by atoms with Crippen LogP contribution in [0.15, 0.2) is 61.6 Å². The van der Waals surface area contributed by atoms with E-state index in [4.69, 9.17) is 0 Å². The molecule has 4 aromatic heterocycles. The molecule has 5 aromatic rings. The minimum atomic E-state index is -4.28. The number of carbonyl (C=O) groups is 1. The number of thiophene rings is 1. The number of hydrogen-bond acceptors (Lipinski definition) is 10. The highest BCUT2D eigenvalue weighted by Gasteiger charge is 2.45. The number of β-amino-alcohol motifs (C(OH)–C–C–N with tert-alkyl or cyclic N) is 1. The molecule has 258 valence electrons. The van der Waals surface area contributed by atoms with Gasteiger partial charge in [0, 0.05) is 53.9 Å². The second-order valence-electron chi connectivity index (χ2n) is 12.8. The Kier molecular flexibility index (Phi) is 8.71. The number of alkyl halides is 3. The molecule has 7 rings (SSSR count). The van der Waals surface area contributed by atoms with Crippen molar-refractivity contribution in [3.05, 3.63) is 83.3 Å². The molecule has 1 amide bonds. The number of nitrogens with zero attached hydrogens (tertiary/aromatic N) is 7. The van der Waals surface area contributed by atoms with Crippen molar-refractivity contribution in [1.82, 2.24) is 24.4 Å². The molecule has 3 N–H and O–H groups in total. The average molecular weight is 702 g/mol. The highest BCUT2D eigenvalue weighted by atomic mass is 32.1. The molecular formula is C35H34F3N9O2S. The number of aryl methyl sites for hydroxylation is 1. The first-order valence-electron chi connectivity index (χ1n) is 16.1. The standard InChI is InChI=1S/C35H34F3N9O2S/c1-3-31(48)44-30-13-24(6-9-40-30)46-18-34(49,19-46)47-25(16-39)12-27-21(2)22(4-5-29(27)47)17-45-10-7-23(8-11-45)43-32-28-14-26(15-35(36,37)38)50-33(28)42-20-41-32/h3-6,9,12-14,20,23,49H,1,7-8,10-11,15,17-19H2,2H3,(H,40,44,48)(H,41,42,43). The van der Waals surface area contributed by atoms with Crippen molar-refractivity contribution in [2.24, 2.45) is 0 Å². The van der Waals surface area contributed by atoms with Crippen LogP contribution in [0.2, 0.25) is 0 Å². The topological polar surface area (TPSA) is 135 Å². The number of pyridine rings is 1. The second kappa shape index (κ2) is 13.0. The number of aliphatic hydroxyl groups is 1. The third kappa shape index (κ3) is 6.61. The molecule has 2 fully saturated rings. The van der Waals surface area contributed by atoms with Gasteiger partial charge in [0.05, 0.1) is 30.4 Å². The number of piperidine rings is 1. The van der Waals surface area contributed by atoms with Crippen molar-refractivity contribution in [2.75, 3.05) is 41.7 Å². The van der Waals surface area contributed by atoms with Gasteiger partial charge >= 0.3 is 6.18 Å². The fourth-order valence-corrected chi connectivity index (χ4v) is 7.92. The molecule has 2 aliphatic rings. The Hall–Kier alpha value is -5.04. The van der Waals surface area contributed by atoms with E-state index in [-0.39, 0.29) is 29.9 Å². The summed E-state index contributed by atoms with van der Waals surface area (Å²) in [5.41, 5.74) is 2.81. The summed E-state index contributed by atoms with van der Waals surface area (Å²) < 4.78 is 40.6. The lowest BCUT2D eigenvalue weighted by molar-refractivity contribution is -0.126. The smallest absolute Gasteiger partial charge is 0.367 e. The quantitative estimate of drug-likeness (QED) is 0.166. The Labute approximate surface area is 289 Å². The minimum Gasteiger partial charge on any atom is -0.367 e. The number of halogens is 3. The van der Waals surface area contributed by atoms with E-state index in [9.17, 15) is 28.3 Å². The Morgan fingerprint density at radius 2 is 1.94 bits per heavy atom. The first-order chi connectivity index (χ1) is 23.9. The molecule has 0 spiro atoms. The van der Waals surface area contributed by atoms with Crippen molar-refractivity contribution in [2.45, 2.75) is 50.7 Å². The van der Waals surface area contributed by atoms with Crippen LogP contribution < -0.4 is 15.5 Å². The molecule has 2 saturated heterocycles. The zero-order valence-corrected chi connectivity index (χ0v) is 28.0. The van der Waals surface area contributed by atoms with Crippen LogP contribution in [0.5, 0.6) is 0 Å². The van der Waals surface area contributed by atoms with Crippen molar-refractivity contribution in [1.29, 1.82) is 5.26 Å². The number of amides is 1. The van der Waals surface area contributed by atoms with E-state index in [0.29, 0.717) is 27.5 Å².